The summed E-state index contributed by atoms with van der Waals surface area (Å²) in [6.07, 6.45) is 2.83. The zero-order chi connectivity index (χ0) is 13.7. The van der Waals surface area contributed by atoms with Crippen molar-refractivity contribution in [3.8, 4) is 5.75 Å². The van der Waals surface area contributed by atoms with E-state index in [-0.39, 0.29) is 6.04 Å². The fraction of sp³-hybridized carbons (Fsp3) is 0.400. The fourth-order valence-electron chi connectivity index (χ4n) is 2.03. The first kappa shape index (κ1) is 13.5. The van der Waals surface area contributed by atoms with Crippen LogP contribution in [0.4, 0.5) is 5.69 Å². The number of rotatable bonds is 6. The molecule has 0 saturated carbocycles. The molecule has 0 aliphatic rings. The molecule has 0 bridgehead atoms. The highest BCUT2D eigenvalue weighted by atomic mass is 16.5. The smallest absolute Gasteiger partial charge is 0.121 e. The Morgan fingerprint density at radius 1 is 1.37 bits per heavy atom. The minimum Gasteiger partial charge on any atom is -0.494 e. The van der Waals surface area contributed by atoms with Crippen LogP contribution in [0.3, 0.4) is 0 Å². The Morgan fingerprint density at radius 2 is 2.21 bits per heavy atom. The molecule has 19 heavy (non-hydrogen) atoms. The number of anilines is 1. The number of ether oxygens (including phenoxy) is 1. The van der Waals surface area contributed by atoms with Gasteiger partial charge in [-0.2, -0.15) is 5.10 Å². The summed E-state index contributed by atoms with van der Waals surface area (Å²) in [5.74, 6) is 0.907. The van der Waals surface area contributed by atoms with E-state index in [1.807, 2.05) is 48.3 Å². The predicted octanol–water partition coefficient (Wildman–Crippen LogP) is 3.38. The van der Waals surface area contributed by atoms with Gasteiger partial charge in [-0.05, 0) is 31.5 Å². The lowest BCUT2D eigenvalue weighted by molar-refractivity contribution is 0.317. The van der Waals surface area contributed by atoms with Crippen LogP contribution in [0.15, 0.2) is 36.5 Å². The number of hydrogen-bond acceptors (Lipinski definition) is 3. The maximum absolute atomic E-state index is 5.63. The summed E-state index contributed by atoms with van der Waals surface area (Å²) in [4.78, 5) is 0. The Kier molecular flexibility index (Phi) is 4.44. The molecule has 1 N–H and O–H groups in total. The molecule has 0 radical (unpaired) electrons. The van der Waals surface area contributed by atoms with Crippen LogP contribution in [0, 0.1) is 0 Å². The van der Waals surface area contributed by atoms with Gasteiger partial charge < -0.3 is 10.1 Å². The molecule has 1 heterocycles. The molecule has 0 saturated heterocycles. The maximum atomic E-state index is 5.63. The maximum Gasteiger partial charge on any atom is 0.121 e. The Balaban J connectivity index is 2.04. The van der Waals surface area contributed by atoms with Gasteiger partial charge in [0.25, 0.3) is 0 Å². The molecule has 1 aromatic heterocycles. The zero-order valence-electron chi connectivity index (χ0n) is 11.8. The molecule has 1 aromatic carbocycles. The zero-order valence-corrected chi connectivity index (χ0v) is 11.8. The molecule has 0 spiro atoms. The monoisotopic (exact) mass is 259 g/mol. The van der Waals surface area contributed by atoms with Gasteiger partial charge in [-0.1, -0.05) is 13.0 Å². The summed E-state index contributed by atoms with van der Waals surface area (Å²) in [5.41, 5.74) is 2.21. The van der Waals surface area contributed by atoms with Crippen molar-refractivity contribution in [1.29, 1.82) is 0 Å². The molecule has 2 aromatic rings. The van der Waals surface area contributed by atoms with Crippen molar-refractivity contribution in [2.24, 2.45) is 7.05 Å². The van der Waals surface area contributed by atoms with Crippen LogP contribution < -0.4 is 10.1 Å². The van der Waals surface area contributed by atoms with Gasteiger partial charge in [-0.25, -0.2) is 0 Å². The number of aryl methyl sites for hydroxylation is 1. The Labute approximate surface area is 114 Å². The van der Waals surface area contributed by atoms with Gasteiger partial charge in [-0.15, -0.1) is 0 Å². The van der Waals surface area contributed by atoms with Crippen LogP contribution in [0.2, 0.25) is 0 Å². The molecule has 0 aliphatic heterocycles. The third-order valence-electron chi connectivity index (χ3n) is 2.99. The summed E-state index contributed by atoms with van der Waals surface area (Å²) in [6, 6.07) is 10.3. The molecular formula is C15H21N3O. The number of hydrogen-bond donors (Lipinski definition) is 1. The number of nitrogens with zero attached hydrogens (tertiary/aromatic N) is 2. The summed E-state index contributed by atoms with van der Waals surface area (Å²) in [6.45, 7) is 4.98. The summed E-state index contributed by atoms with van der Waals surface area (Å²) < 4.78 is 7.52. The lowest BCUT2D eigenvalue weighted by Crippen LogP contribution is -2.11. The summed E-state index contributed by atoms with van der Waals surface area (Å²) in [5, 5.41) is 7.65. The standard InChI is InChI=1S/C15H21N3O/c1-4-10-19-14-7-5-6-13(11-14)17-12(2)15-8-9-16-18(15)3/h5-9,11-12,17H,4,10H2,1-3H3. The molecule has 2 rings (SSSR count). The molecule has 1 unspecified atom stereocenters. The first-order valence-corrected chi connectivity index (χ1v) is 6.68. The number of nitrogens with one attached hydrogen (secondary N) is 1. The summed E-state index contributed by atoms with van der Waals surface area (Å²) >= 11 is 0. The number of aromatic nitrogens is 2. The lowest BCUT2D eigenvalue weighted by atomic mass is 10.2. The molecular weight excluding hydrogens is 238 g/mol. The van der Waals surface area contributed by atoms with E-state index >= 15 is 0 Å². The van der Waals surface area contributed by atoms with Crippen molar-refractivity contribution in [2.75, 3.05) is 11.9 Å². The van der Waals surface area contributed by atoms with Crippen molar-refractivity contribution in [1.82, 2.24) is 9.78 Å². The van der Waals surface area contributed by atoms with Gasteiger partial charge >= 0.3 is 0 Å². The topological polar surface area (TPSA) is 39.1 Å². The molecule has 4 heteroatoms. The van der Waals surface area contributed by atoms with Crippen molar-refractivity contribution in [3.63, 3.8) is 0 Å². The van der Waals surface area contributed by atoms with E-state index in [1.54, 1.807) is 0 Å². The van der Waals surface area contributed by atoms with E-state index in [4.69, 9.17) is 4.74 Å². The molecule has 1 atom stereocenters. The Morgan fingerprint density at radius 3 is 2.89 bits per heavy atom. The van der Waals surface area contributed by atoms with E-state index in [0.717, 1.165) is 30.2 Å². The van der Waals surface area contributed by atoms with E-state index in [1.165, 1.54) is 0 Å². The number of benzene rings is 1. The van der Waals surface area contributed by atoms with Crippen LogP contribution in [-0.4, -0.2) is 16.4 Å². The van der Waals surface area contributed by atoms with Gasteiger partial charge in [-0.3, -0.25) is 4.68 Å². The minimum absolute atomic E-state index is 0.203. The van der Waals surface area contributed by atoms with E-state index in [2.05, 4.69) is 24.3 Å². The van der Waals surface area contributed by atoms with Crippen LogP contribution in [0.5, 0.6) is 5.75 Å². The molecule has 102 valence electrons. The molecule has 0 fully saturated rings. The third-order valence-corrected chi connectivity index (χ3v) is 2.99. The summed E-state index contributed by atoms with van der Waals surface area (Å²) in [7, 11) is 1.95. The van der Waals surface area contributed by atoms with Gasteiger partial charge in [0.05, 0.1) is 18.3 Å². The van der Waals surface area contributed by atoms with E-state index in [0.29, 0.717) is 0 Å². The second-order valence-corrected chi connectivity index (χ2v) is 4.62. The van der Waals surface area contributed by atoms with Crippen molar-refractivity contribution < 1.29 is 4.74 Å². The highest BCUT2D eigenvalue weighted by molar-refractivity contribution is 5.49. The normalized spacial score (nSPS) is 12.2. The minimum atomic E-state index is 0.203. The Bertz CT molecular complexity index is 522. The lowest BCUT2D eigenvalue weighted by Gasteiger charge is -2.16. The first-order valence-electron chi connectivity index (χ1n) is 6.68. The molecule has 4 nitrogen and oxygen atoms in total. The van der Waals surface area contributed by atoms with Crippen molar-refractivity contribution >= 4 is 5.69 Å². The predicted molar refractivity (Wildman–Crippen MR) is 77.5 cm³/mol. The largest absolute Gasteiger partial charge is 0.494 e. The first-order chi connectivity index (χ1) is 9.20. The highest BCUT2D eigenvalue weighted by Crippen LogP contribution is 2.22. The van der Waals surface area contributed by atoms with Gasteiger partial charge in [0.15, 0.2) is 0 Å². The Hall–Kier alpha value is -1.97. The van der Waals surface area contributed by atoms with Crippen molar-refractivity contribution in [3.05, 3.63) is 42.2 Å². The second kappa shape index (κ2) is 6.27. The van der Waals surface area contributed by atoms with Crippen LogP contribution in [0.1, 0.15) is 32.0 Å². The highest BCUT2D eigenvalue weighted by Gasteiger charge is 2.09. The average molecular weight is 259 g/mol. The van der Waals surface area contributed by atoms with Crippen LogP contribution in [-0.2, 0) is 7.05 Å². The second-order valence-electron chi connectivity index (χ2n) is 4.62. The van der Waals surface area contributed by atoms with Crippen LogP contribution >= 0.6 is 0 Å². The van der Waals surface area contributed by atoms with E-state index in [9.17, 15) is 0 Å². The fourth-order valence-corrected chi connectivity index (χ4v) is 2.03. The van der Waals surface area contributed by atoms with E-state index < -0.39 is 0 Å². The van der Waals surface area contributed by atoms with Crippen molar-refractivity contribution in [2.45, 2.75) is 26.3 Å². The molecule has 0 aliphatic carbocycles. The van der Waals surface area contributed by atoms with Gasteiger partial charge in [0, 0.05) is 25.0 Å². The quantitative estimate of drug-likeness (QED) is 0.864. The molecule has 0 amide bonds. The SMILES string of the molecule is CCCOc1cccc(NC(C)c2ccnn2C)c1. The average Bonchev–Trinajstić information content (AvgIpc) is 2.83. The van der Waals surface area contributed by atoms with Gasteiger partial charge in [0.2, 0.25) is 0 Å². The van der Waals surface area contributed by atoms with Crippen LogP contribution in [0.25, 0.3) is 0 Å². The van der Waals surface area contributed by atoms with Gasteiger partial charge in [0.1, 0.15) is 5.75 Å². The third kappa shape index (κ3) is 3.50.